The highest BCUT2D eigenvalue weighted by atomic mass is 16.5. The number of aliphatic hydroxyl groups is 3. The number of hydrogen-bond donors (Lipinski definition) is 3. The minimum absolute atomic E-state index is 0.0827. The standard InChI is InChI=1S/C14H17N3O5/c1-21-9-4-2-8(3-5-9)10-6-17(16-15-10)14-13(20)12(19)11(18)7-22-14/h2-6,11-14,18-20H,7H2,1H3. The lowest BCUT2D eigenvalue weighted by Crippen LogP contribution is -2.50. The lowest BCUT2D eigenvalue weighted by molar-refractivity contribution is -0.214. The van der Waals surface area contributed by atoms with Gasteiger partial charge in [0.05, 0.1) is 19.9 Å². The number of methoxy groups -OCH3 is 1. The van der Waals surface area contributed by atoms with E-state index < -0.39 is 24.5 Å². The molecule has 1 fully saturated rings. The van der Waals surface area contributed by atoms with E-state index in [-0.39, 0.29) is 6.61 Å². The second kappa shape index (κ2) is 6.01. The van der Waals surface area contributed by atoms with E-state index in [1.807, 2.05) is 12.1 Å². The zero-order valence-electron chi connectivity index (χ0n) is 11.9. The van der Waals surface area contributed by atoms with Gasteiger partial charge in [-0.2, -0.15) is 0 Å². The van der Waals surface area contributed by atoms with Crippen LogP contribution >= 0.6 is 0 Å². The Morgan fingerprint density at radius 2 is 1.91 bits per heavy atom. The molecule has 0 spiro atoms. The molecule has 0 aliphatic carbocycles. The summed E-state index contributed by atoms with van der Waals surface area (Å²) in [6.45, 7) is -0.0827. The highest BCUT2D eigenvalue weighted by molar-refractivity contribution is 5.58. The van der Waals surface area contributed by atoms with Gasteiger partial charge in [0.15, 0.2) is 6.23 Å². The summed E-state index contributed by atoms with van der Waals surface area (Å²) in [4.78, 5) is 0. The van der Waals surface area contributed by atoms with E-state index in [0.29, 0.717) is 5.69 Å². The molecule has 2 aromatic rings. The van der Waals surface area contributed by atoms with Crippen LogP contribution in [-0.4, -0.2) is 62.3 Å². The number of aliphatic hydroxyl groups excluding tert-OH is 3. The van der Waals surface area contributed by atoms with Gasteiger partial charge in [0.25, 0.3) is 0 Å². The van der Waals surface area contributed by atoms with Crippen molar-refractivity contribution in [2.24, 2.45) is 0 Å². The number of rotatable bonds is 3. The lowest BCUT2D eigenvalue weighted by Gasteiger charge is -2.34. The SMILES string of the molecule is COc1ccc(-c2cn(C3OCC(O)C(O)C3O)nn2)cc1. The van der Waals surface area contributed by atoms with Crippen LogP contribution in [0.25, 0.3) is 11.3 Å². The van der Waals surface area contributed by atoms with Gasteiger partial charge in [-0.15, -0.1) is 5.10 Å². The quantitative estimate of drug-likeness (QED) is 0.705. The third-order valence-corrected chi connectivity index (χ3v) is 3.63. The second-order valence-corrected chi connectivity index (χ2v) is 5.08. The van der Waals surface area contributed by atoms with Gasteiger partial charge in [0.1, 0.15) is 29.8 Å². The van der Waals surface area contributed by atoms with Crippen molar-refractivity contribution in [3.8, 4) is 17.0 Å². The highest BCUT2D eigenvalue weighted by Crippen LogP contribution is 2.26. The maximum Gasteiger partial charge on any atom is 0.180 e. The fourth-order valence-electron chi connectivity index (χ4n) is 2.32. The predicted octanol–water partition coefficient (Wildman–Crippen LogP) is -0.435. The van der Waals surface area contributed by atoms with Crippen LogP contribution in [0.2, 0.25) is 0 Å². The van der Waals surface area contributed by atoms with E-state index in [4.69, 9.17) is 9.47 Å². The molecule has 4 atom stereocenters. The number of aromatic nitrogens is 3. The van der Waals surface area contributed by atoms with Gasteiger partial charge >= 0.3 is 0 Å². The molecule has 118 valence electrons. The van der Waals surface area contributed by atoms with Crippen molar-refractivity contribution in [1.29, 1.82) is 0 Å². The molecule has 0 radical (unpaired) electrons. The van der Waals surface area contributed by atoms with Gasteiger partial charge < -0.3 is 24.8 Å². The molecule has 1 saturated heterocycles. The zero-order chi connectivity index (χ0) is 15.7. The maximum absolute atomic E-state index is 9.97. The van der Waals surface area contributed by atoms with Gasteiger partial charge in [-0.25, -0.2) is 4.68 Å². The van der Waals surface area contributed by atoms with E-state index in [1.165, 1.54) is 4.68 Å². The fourth-order valence-corrected chi connectivity index (χ4v) is 2.32. The van der Waals surface area contributed by atoms with Gasteiger partial charge in [0, 0.05) is 5.56 Å². The topological polar surface area (TPSA) is 110 Å². The molecule has 1 aliphatic heterocycles. The lowest BCUT2D eigenvalue weighted by atomic mass is 10.0. The van der Waals surface area contributed by atoms with Crippen molar-refractivity contribution >= 4 is 0 Å². The Kier molecular flexibility index (Phi) is 4.08. The minimum Gasteiger partial charge on any atom is -0.497 e. The number of nitrogens with zero attached hydrogens (tertiary/aromatic N) is 3. The molecule has 8 nitrogen and oxygen atoms in total. The summed E-state index contributed by atoms with van der Waals surface area (Å²) in [5, 5.41) is 37.1. The molecule has 0 bridgehead atoms. The van der Waals surface area contributed by atoms with E-state index >= 15 is 0 Å². The Bertz CT molecular complexity index is 630. The summed E-state index contributed by atoms with van der Waals surface area (Å²) < 4.78 is 11.8. The fraction of sp³-hybridized carbons (Fsp3) is 0.429. The number of benzene rings is 1. The molecule has 0 amide bonds. The molecular formula is C14H17N3O5. The van der Waals surface area contributed by atoms with Crippen LogP contribution in [-0.2, 0) is 4.74 Å². The first-order chi connectivity index (χ1) is 10.6. The normalized spacial score (nSPS) is 28.5. The van der Waals surface area contributed by atoms with Gasteiger partial charge in [-0.1, -0.05) is 5.21 Å². The summed E-state index contributed by atoms with van der Waals surface area (Å²) in [5.74, 6) is 0.735. The molecule has 22 heavy (non-hydrogen) atoms. The van der Waals surface area contributed by atoms with Crippen molar-refractivity contribution in [3.63, 3.8) is 0 Å². The minimum atomic E-state index is -1.28. The summed E-state index contributed by atoms with van der Waals surface area (Å²) >= 11 is 0. The van der Waals surface area contributed by atoms with Crippen LogP contribution in [0.3, 0.4) is 0 Å². The molecule has 8 heteroatoms. The van der Waals surface area contributed by atoms with Crippen LogP contribution < -0.4 is 4.74 Å². The van der Waals surface area contributed by atoms with E-state index in [2.05, 4.69) is 10.3 Å². The Morgan fingerprint density at radius 1 is 1.18 bits per heavy atom. The van der Waals surface area contributed by atoms with Crippen LogP contribution in [0.5, 0.6) is 5.75 Å². The predicted molar refractivity (Wildman–Crippen MR) is 75.0 cm³/mol. The first-order valence-electron chi connectivity index (χ1n) is 6.82. The largest absolute Gasteiger partial charge is 0.497 e. The molecule has 1 aliphatic rings. The van der Waals surface area contributed by atoms with Crippen LogP contribution in [0.4, 0.5) is 0 Å². The van der Waals surface area contributed by atoms with E-state index in [1.54, 1.807) is 25.4 Å². The molecule has 1 aromatic carbocycles. The molecular weight excluding hydrogens is 290 g/mol. The molecule has 2 heterocycles. The number of ether oxygens (including phenoxy) is 2. The van der Waals surface area contributed by atoms with Crippen molar-refractivity contribution < 1.29 is 24.8 Å². The first kappa shape index (κ1) is 14.9. The van der Waals surface area contributed by atoms with Crippen LogP contribution in [0.1, 0.15) is 6.23 Å². The third kappa shape index (κ3) is 2.69. The maximum atomic E-state index is 9.97. The van der Waals surface area contributed by atoms with E-state index in [0.717, 1.165) is 11.3 Å². The summed E-state index contributed by atoms with van der Waals surface area (Å²) in [6, 6.07) is 7.29. The van der Waals surface area contributed by atoms with Crippen molar-refractivity contribution in [1.82, 2.24) is 15.0 Å². The molecule has 3 N–H and O–H groups in total. The summed E-state index contributed by atoms with van der Waals surface area (Å²) in [7, 11) is 1.59. The molecule has 3 rings (SSSR count). The van der Waals surface area contributed by atoms with E-state index in [9.17, 15) is 15.3 Å². The molecule has 1 aromatic heterocycles. The highest BCUT2D eigenvalue weighted by Gasteiger charge is 2.39. The molecule has 0 saturated carbocycles. The molecule has 4 unspecified atom stereocenters. The number of hydrogen-bond acceptors (Lipinski definition) is 7. The third-order valence-electron chi connectivity index (χ3n) is 3.63. The van der Waals surface area contributed by atoms with Crippen molar-refractivity contribution in [2.45, 2.75) is 24.5 Å². The van der Waals surface area contributed by atoms with Crippen LogP contribution in [0, 0.1) is 0 Å². The average molecular weight is 307 g/mol. The average Bonchev–Trinajstić information content (AvgIpc) is 3.02. The van der Waals surface area contributed by atoms with Crippen molar-refractivity contribution in [2.75, 3.05) is 13.7 Å². The monoisotopic (exact) mass is 307 g/mol. The smallest absolute Gasteiger partial charge is 0.180 e. The van der Waals surface area contributed by atoms with Crippen molar-refractivity contribution in [3.05, 3.63) is 30.5 Å². The Morgan fingerprint density at radius 3 is 2.59 bits per heavy atom. The Hall–Kier alpha value is -2.00. The Balaban J connectivity index is 1.81. The summed E-state index contributed by atoms with van der Waals surface area (Å²) in [6.07, 6.45) is -2.96. The zero-order valence-corrected chi connectivity index (χ0v) is 11.9. The summed E-state index contributed by atoms with van der Waals surface area (Å²) in [5.41, 5.74) is 1.43. The first-order valence-corrected chi connectivity index (χ1v) is 6.82. The second-order valence-electron chi connectivity index (χ2n) is 5.08. The van der Waals surface area contributed by atoms with Gasteiger partial charge in [-0.3, -0.25) is 0 Å². The van der Waals surface area contributed by atoms with Crippen LogP contribution in [0.15, 0.2) is 30.5 Å². The Labute approximate surface area is 126 Å². The van der Waals surface area contributed by atoms with Gasteiger partial charge in [0.2, 0.25) is 0 Å². The van der Waals surface area contributed by atoms with Gasteiger partial charge in [-0.05, 0) is 24.3 Å².